The molecule has 134 valence electrons. The largest absolute Gasteiger partial charge is 0.481 e. The van der Waals surface area contributed by atoms with E-state index in [1.807, 2.05) is 0 Å². The van der Waals surface area contributed by atoms with Crippen LogP contribution in [0.4, 0.5) is 4.79 Å². The fraction of sp³-hybridized carbons (Fsp3) is 0.438. The molecule has 0 aromatic heterocycles. The highest BCUT2D eigenvalue weighted by Gasteiger charge is 2.52. The summed E-state index contributed by atoms with van der Waals surface area (Å²) in [6.45, 7) is -0.437. The first kappa shape index (κ1) is 17.8. The van der Waals surface area contributed by atoms with Crippen LogP contribution in [0.1, 0.15) is 32.1 Å². The Labute approximate surface area is 154 Å². The maximum Gasteiger partial charge on any atom is 0.344 e. The quantitative estimate of drug-likeness (QED) is 0.779. The summed E-state index contributed by atoms with van der Waals surface area (Å²) in [5.41, 5.74) is 1.39. The van der Waals surface area contributed by atoms with E-state index >= 15 is 0 Å². The standard InChI is InChI=1S/C16H17Cl2N3O4/c17-10-5-4-6-11(18)13(10)25-9-12(22)20-21-14(23)16(19-15(21)24)7-2-1-3-8-16/h4-6H,1-3,7-9H2,(H,19,24)(H,20,22). The molecule has 2 N–H and O–H groups in total. The minimum absolute atomic E-state index is 0.168. The highest BCUT2D eigenvalue weighted by molar-refractivity contribution is 6.37. The summed E-state index contributed by atoms with van der Waals surface area (Å²) >= 11 is 11.9. The summed E-state index contributed by atoms with van der Waals surface area (Å²) in [6, 6.07) is 4.17. The molecule has 0 atom stereocenters. The Morgan fingerprint density at radius 1 is 1.20 bits per heavy atom. The van der Waals surface area contributed by atoms with Gasteiger partial charge in [0, 0.05) is 0 Å². The Morgan fingerprint density at radius 3 is 2.48 bits per heavy atom. The summed E-state index contributed by atoms with van der Waals surface area (Å²) in [5, 5.41) is 3.95. The van der Waals surface area contributed by atoms with Crippen LogP contribution in [0.2, 0.25) is 10.0 Å². The van der Waals surface area contributed by atoms with Gasteiger partial charge in [-0.05, 0) is 25.0 Å². The number of urea groups is 1. The predicted octanol–water partition coefficient (Wildman–Crippen LogP) is 2.66. The van der Waals surface area contributed by atoms with E-state index < -0.39 is 30.0 Å². The number of imide groups is 1. The minimum atomic E-state index is -0.893. The smallest absolute Gasteiger partial charge is 0.344 e. The Morgan fingerprint density at radius 2 is 1.84 bits per heavy atom. The van der Waals surface area contributed by atoms with Crippen LogP contribution in [0.15, 0.2) is 18.2 Å². The van der Waals surface area contributed by atoms with Gasteiger partial charge in [0.15, 0.2) is 12.4 Å². The number of hydrazine groups is 1. The fourth-order valence-electron chi connectivity index (χ4n) is 3.13. The molecule has 0 radical (unpaired) electrons. The van der Waals surface area contributed by atoms with Crippen molar-refractivity contribution in [1.29, 1.82) is 0 Å². The summed E-state index contributed by atoms with van der Waals surface area (Å²) in [6.07, 6.45) is 3.92. The topological polar surface area (TPSA) is 87.7 Å². The molecule has 2 fully saturated rings. The third kappa shape index (κ3) is 3.52. The number of amides is 4. The van der Waals surface area contributed by atoms with Crippen molar-refractivity contribution >= 4 is 41.0 Å². The molecule has 1 saturated carbocycles. The van der Waals surface area contributed by atoms with Crippen molar-refractivity contribution in [3.63, 3.8) is 0 Å². The lowest BCUT2D eigenvalue weighted by molar-refractivity contribution is -0.140. The number of nitrogens with one attached hydrogen (secondary N) is 2. The maximum atomic E-state index is 12.6. The minimum Gasteiger partial charge on any atom is -0.481 e. The van der Waals surface area contributed by atoms with Gasteiger partial charge in [0.2, 0.25) is 0 Å². The van der Waals surface area contributed by atoms with E-state index in [0.717, 1.165) is 24.3 Å². The number of rotatable bonds is 4. The zero-order valence-corrected chi connectivity index (χ0v) is 14.8. The van der Waals surface area contributed by atoms with Gasteiger partial charge in [-0.15, -0.1) is 0 Å². The monoisotopic (exact) mass is 385 g/mol. The number of ether oxygens (including phenoxy) is 1. The first-order valence-electron chi connectivity index (χ1n) is 7.96. The predicted molar refractivity (Wildman–Crippen MR) is 91.3 cm³/mol. The highest BCUT2D eigenvalue weighted by Crippen LogP contribution is 2.33. The number of carbonyl (C=O) groups excluding carboxylic acids is 3. The zero-order valence-electron chi connectivity index (χ0n) is 13.3. The lowest BCUT2D eigenvalue weighted by atomic mass is 9.82. The number of halogens is 2. The van der Waals surface area contributed by atoms with Gasteiger partial charge in [0.1, 0.15) is 5.54 Å². The Balaban J connectivity index is 1.61. The van der Waals surface area contributed by atoms with Crippen LogP contribution in [0, 0.1) is 0 Å². The van der Waals surface area contributed by atoms with E-state index in [2.05, 4.69) is 10.7 Å². The van der Waals surface area contributed by atoms with E-state index in [0.29, 0.717) is 12.8 Å². The molecule has 7 nitrogen and oxygen atoms in total. The van der Waals surface area contributed by atoms with Gasteiger partial charge in [-0.3, -0.25) is 15.0 Å². The van der Waals surface area contributed by atoms with Gasteiger partial charge in [-0.25, -0.2) is 4.79 Å². The van der Waals surface area contributed by atoms with Crippen LogP contribution in [0.3, 0.4) is 0 Å². The molecule has 3 rings (SSSR count). The number of carbonyl (C=O) groups is 3. The molecule has 1 heterocycles. The van der Waals surface area contributed by atoms with Crippen molar-refractivity contribution in [1.82, 2.24) is 15.8 Å². The molecule has 0 bridgehead atoms. The van der Waals surface area contributed by atoms with Crippen LogP contribution < -0.4 is 15.5 Å². The maximum absolute atomic E-state index is 12.6. The Bertz CT molecular complexity index is 699. The number of nitrogens with zero attached hydrogens (tertiary/aromatic N) is 1. The van der Waals surface area contributed by atoms with Gasteiger partial charge in [0.05, 0.1) is 10.0 Å². The van der Waals surface area contributed by atoms with Crippen LogP contribution in [0.25, 0.3) is 0 Å². The molecule has 1 aromatic rings. The van der Waals surface area contributed by atoms with E-state index in [1.54, 1.807) is 18.2 Å². The molecule has 1 spiro atoms. The van der Waals surface area contributed by atoms with E-state index in [-0.39, 0.29) is 15.8 Å². The second-order valence-electron chi connectivity index (χ2n) is 6.09. The van der Waals surface area contributed by atoms with Crippen molar-refractivity contribution in [3.8, 4) is 5.75 Å². The van der Waals surface area contributed by atoms with E-state index in [9.17, 15) is 14.4 Å². The van der Waals surface area contributed by atoms with Crippen molar-refractivity contribution in [2.45, 2.75) is 37.6 Å². The summed E-state index contributed by atoms with van der Waals surface area (Å²) in [5.74, 6) is -0.921. The first-order chi connectivity index (χ1) is 11.9. The molecule has 4 amide bonds. The van der Waals surface area contributed by atoms with Crippen LogP contribution >= 0.6 is 23.2 Å². The average Bonchev–Trinajstić information content (AvgIpc) is 2.79. The number of para-hydroxylation sites is 1. The van der Waals surface area contributed by atoms with Crippen molar-refractivity contribution < 1.29 is 19.1 Å². The molecular weight excluding hydrogens is 369 g/mol. The molecule has 1 aromatic carbocycles. The van der Waals surface area contributed by atoms with Gasteiger partial charge in [-0.2, -0.15) is 5.01 Å². The number of benzene rings is 1. The lowest BCUT2D eigenvalue weighted by Crippen LogP contribution is -2.51. The van der Waals surface area contributed by atoms with Crippen molar-refractivity contribution in [2.75, 3.05) is 6.61 Å². The first-order valence-corrected chi connectivity index (χ1v) is 8.71. The second kappa shape index (κ2) is 7.09. The second-order valence-corrected chi connectivity index (χ2v) is 6.90. The molecule has 1 aliphatic heterocycles. The van der Waals surface area contributed by atoms with Crippen molar-refractivity contribution in [3.05, 3.63) is 28.2 Å². The molecular formula is C16H17Cl2N3O4. The van der Waals surface area contributed by atoms with Gasteiger partial charge >= 0.3 is 6.03 Å². The summed E-state index contributed by atoms with van der Waals surface area (Å²) in [7, 11) is 0. The van der Waals surface area contributed by atoms with Crippen molar-refractivity contribution in [2.24, 2.45) is 0 Å². The molecule has 25 heavy (non-hydrogen) atoms. The van der Waals surface area contributed by atoms with Crippen LogP contribution in [0.5, 0.6) is 5.75 Å². The third-order valence-electron chi connectivity index (χ3n) is 4.37. The van der Waals surface area contributed by atoms with Gasteiger partial charge in [-0.1, -0.05) is 48.5 Å². The number of hydrogen-bond donors (Lipinski definition) is 2. The Kier molecular flexibility index (Phi) is 5.06. The molecule has 1 saturated heterocycles. The fourth-order valence-corrected chi connectivity index (χ4v) is 3.64. The molecule has 1 aliphatic carbocycles. The van der Waals surface area contributed by atoms with E-state index in [1.165, 1.54) is 0 Å². The zero-order chi connectivity index (χ0) is 18.0. The molecule has 2 aliphatic rings. The normalized spacial score (nSPS) is 19.0. The average molecular weight is 386 g/mol. The summed E-state index contributed by atoms with van der Waals surface area (Å²) in [4.78, 5) is 36.7. The van der Waals surface area contributed by atoms with Crippen LogP contribution in [-0.4, -0.2) is 35.0 Å². The van der Waals surface area contributed by atoms with Gasteiger partial charge in [0.25, 0.3) is 11.8 Å². The number of hydrogen-bond acceptors (Lipinski definition) is 4. The lowest BCUT2D eigenvalue weighted by Gasteiger charge is -2.30. The SMILES string of the molecule is O=C(COc1c(Cl)cccc1Cl)NN1C(=O)NC2(CCCCC2)C1=O. The molecule has 0 unspecified atom stereocenters. The Hall–Kier alpha value is -1.99. The molecule has 9 heteroatoms. The van der Waals surface area contributed by atoms with E-state index in [4.69, 9.17) is 27.9 Å². The van der Waals surface area contributed by atoms with Crippen LogP contribution in [-0.2, 0) is 9.59 Å². The van der Waals surface area contributed by atoms with Gasteiger partial charge < -0.3 is 10.1 Å². The third-order valence-corrected chi connectivity index (χ3v) is 4.97. The highest BCUT2D eigenvalue weighted by atomic mass is 35.5. The summed E-state index contributed by atoms with van der Waals surface area (Å²) < 4.78 is 5.30.